The molecular weight excluding hydrogens is 240 g/mol. The number of hydrogen-bond acceptors (Lipinski definition) is 3. The molecule has 4 nitrogen and oxygen atoms in total. The minimum Gasteiger partial charge on any atom is -0.376 e. The molecule has 2 rings (SSSR count). The van der Waals surface area contributed by atoms with Crippen molar-refractivity contribution >= 4 is 5.91 Å². The van der Waals surface area contributed by atoms with Crippen LogP contribution >= 0.6 is 0 Å². The summed E-state index contributed by atoms with van der Waals surface area (Å²) in [6.45, 7) is 2.67. The fraction of sp³-hybridized carbons (Fsp3) is 0.933. The molecule has 3 atom stereocenters. The van der Waals surface area contributed by atoms with Crippen LogP contribution < -0.4 is 11.1 Å². The number of carbonyl (C=O) groups excluding carboxylic acids is 1. The second-order valence-electron chi connectivity index (χ2n) is 5.97. The van der Waals surface area contributed by atoms with Gasteiger partial charge < -0.3 is 15.8 Å². The SMILES string of the molecule is CCOC1CC(N)C1NC(=O)C1CCCCCCC1. The van der Waals surface area contributed by atoms with Crippen molar-refractivity contribution in [2.75, 3.05) is 6.61 Å². The topological polar surface area (TPSA) is 64.3 Å². The predicted molar refractivity (Wildman–Crippen MR) is 75.7 cm³/mol. The molecular formula is C15H28N2O2. The molecule has 4 heteroatoms. The van der Waals surface area contributed by atoms with E-state index in [0.717, 1.165) is 19.3 Å². The molecule has 0 radical (unpaired) electrons. The summed E-state index contributed by atoms with van der Waals surface area (Å²) in [7, 11) is 0. The van der Waals surface area contributed by atoms with Gasteiger partial charge in [-0.2, -0.15) is 0 Å². The molecule has 2 aliphatic rings. The molecule has 1 amide bonds. The highest BCUT2D eigenvalue weighted by atomic mass is 16.5. The van der Waals surface area contributed by atoms with Crippen LogP contribution in [0.3, 0.4) is 0 Å². The van der Waals surface area contributed by atoms with Crippen molar-refractivity contribution in [3.8, 4) is 0 Å². The van der Waals surface area contributed by atoms with Gasteiger partial charge >= 0.3 is 0 Å². The molecule has 0 spiro atoms. The fourth-order valence-corrected chi connectivity index (χ4v) is 3.23. The molecule has 0 saturated heterocycles. The summed E-state index contributed by atoms with van der Waals surface area (Å²) >= 11 is 0. The number of ether oxygens (including phenoxy) is 1. The van der Waals surface area contributed by atoms with Gasteiger partial charge in [-0.15, -0.1) is 0 Å². The van der Waals surface area contributed by atoms with E-state index in [-0.39, 0.29) is 30.0 Å². The monoisotopic (exact) mass is 268 g/mol. The van der Waals surface area contributed by atoms with Gasteiger partial charge in [0.2, 0.25) is 5.91 Å². The summed E-state index contributed by atoms with van der Waals surface area (Å²) in [5.41, 5.74) is 5.98. The van der Waals surface area contributed by atoms with Gasteiger partial charge in [-0.1, -0.05) is 32.1 Å². The second kappa shape index (κ2) is 7.25. The predicted octanol–water partition coefficient (Wildman–Crippen LogP) is 1.97. The number of carbonyl (C=O) groups is 1. The molecule has 0 aromatic rings. The Morgan fingerprint density at radius 3 is 2.42 bits per heavy atom. The first kappa shape index (κ1) is 14.8. The van der Waals surface area contributed by atoms with Crippen LogP contribution in [0.25, 0.3) is 0 Å². The molecule has 19 heavy (non-hydrogen) atoms. The van der Waals surface area contributed by atoms with Crippen molar-refractivity contribution in [3.63, 3.8) is 0 Å². The summed E-state index contributed by atoms with van der Waals surface area (Å²) in [4.78, 5) is 12.3. The van der Waals surface area contributed by atoms with Gasteiger partial charge in [-0.05, 0) is 26.2 Å². The molecule has 2 aliphatic carbocycles. The lowest BCUT2D eigenvalue weighted by molar-refractivity contribution is -0.130. The zero-order valence-electron chi connectivity index (χ0n) is 12.1. The van der Waals surface area contributed by atoms with Gasteiger partial charge in [-0.25, -0.2) is 0 Å². The Hall–Kier alpha value is -0.610. The normalized spacial score (nSPS) is 33.1. The maximum atomic E-state index is 12.3. The van der Waals surface area contributed by atoms with E-state index in [9.17, 15) is 4.79 Å². The molecule has 3 unspecified atom stereocenters. The van der Waals surface area contributed by atoms with E-state index in [2.05, 4.69) is 5.32 Å². The third-order valence-corrected chi connectivity index (χ3v) is 4.53. The van der Waals surface area contributed by atoms with Crippen LogP contribution in [0.5, 0.6) is 0 Å². The number of nitrogens with one attached hydrogen (secondary N) is 1. The van der Waals surface area contributed by atoms with Crippen LogP contribution in [0.15, 0.2) is 0 Å². The van der Waals surface area contributed by atoms with E-state index in [1.54, 1.807) is 0 Å². The average Bonchev–Trinajstić information content (AvgIpc) is 2.35. The molecule has 0 aliphatic heterocycles. The van der Waals surface area contributed by atoms with Crippen LogP contribution in [-0.2, 0) is 9.53 Å². The minimum absolute atomic E-state index is 0.0258. The second-order valence-corrected chi connectivity index (χ2v) is 5.97. The Balaban J connectivity index is 1.81. The lowest BCUT2D eigenvalue weighted by atomic mass is 9.82. The Morgan fingerprint density at radius 1 is 1.21 bits per heavy atom. The Bertz CT molecular complexity index is 286. The Morgan fingerprint density at radius 2 is 1.84 bits per heavy atom. The lowest BCUT2D eigenvalue weighted by Crippen LogP contribution is -2.65. The van der Waals surface area contributed by atoms with Crippen LogP contribution in [0.4, 0.5) is 0 Å². The van der Waals surface area contributed by atoms with Gasteiger partial charge in [0.25, 0.3) is 0 Å². The van der Waals surface area contributed by atoms with E-state index < -0.39 is 0 Å². The molecule has 0 aromatic heterocycles. The van der Waals surface area contributed by atoms with Crippen LogP contribution in [0.2, 0.25) is 0 Å². The smallest absolute Gasteiger partial charge is 0.223 e. The van der Waals surface area contributed by atoms with Crippen molar-refractivity contribution in [1.29, 1.82) is 0 Å². The molecule has 2 fully saturated rings. The molecule has 0 aromatic carbocycles. The molecule has 0 bridgehead atoms. The minimum atomic E-state index is 0.0258. The maximum Gasteiger partial charge on any atom is 0.223 e. The van der Waals surface area contributed by atoms with Crippen LogP contribution in [0, 0.1) is 5.92 Å². The highest BCUT2D eigenvalue weighted by Gasteiger charge is 2.41. The summed E-state index contributed by atoms with van der Waals surface area (Å²) in [6.07, 6.45) is 9.30. The van der Waals surface area contributed by atoms with E-state index in [1.807, 2.05) is 6.92 Å². The first-order valence-electron chi connectivity index (χ1n) is 7.90. The van der Waals surface area contributed by atoms with E-state index in [1.165, 1.54) is 32.1 Å². The van der Waals surface area contributed by atoms with Gasteiger partial charge in [0, 0.05) is 18.6 Å². The van der Waals surface area contributed by atoms with E-state index in [0.29, 0.717) is 6.61 Å². The highest BCUT2D eigenvalue weighted by Crippen LogP contribution is 2.26. The van der Waals surface area contributed by atoms with Crippen molar-refractivity contribution in [2.24, 2.45) is 11.7 Å². The molecule has 110 valence electrons. The third kappa shape index (κ3) is 3.93. The maximum absolute atomic E-state index is 12.3. The third-order valence-electron chi connectivity index (χ3n) is 4.53. The van der Waals surface area contributed by atoms with Crippen molar-refractivity contribution in [3.05, 3.63) is 0 Å². The van der Waals surface area contributed by atoms with E-state index in [4.69, 9.17) is 10.5 Å². The average molecular weight is 268 g/mol. The molecule has 2 saturated carbocycles. The number of hydrogen-bond donors (Lipinski definition) is 2. The summed E-state index contributed by atoms with van der Waals surface area (Å²) in [5.74, 6) is 0.391. The highest BCUT2D eigenvalue weighted by molar-refractivity contribution is 5.79. The summed E-state index contributed by atoms with van der Waals surface area (Å²) in [5, 5.41) is 3.13. The van der Waals surface area contributed by atoms with Gasteiger partial charge in [0.1, 0.15) is 0 Å². The largest absolute Gasteiger partial charge is 0.376 e. The summed E-state index contributed by atoms with van der Waals surface area (Å²) in [6, 6.07) is 0.0898. The molecule has 0 heterocycles. The zero-order valence-corrected chi connectivity index (χ0v) is 12.1. The number of nitrogens with two attached hydrogens (primary N) is 1. The van der Waals surface area contributed by atoms with E-state index >= 15 is 0 Å². The number of amides is 1. The first-order chi connectivity index (χ1) is 9.22. The molecule has 3 N–H and O–H groups in total. The lowest BCUT2D eigenvalue weighted by Gasteiger charge is -2.43. The summed E-state index contributed by atoms with van der Waals surface area (Å²) < 4.78 is 5.60. The quantitative estimate of drug-likeness (QED) is 0.819. The van der Waals surface area contributed by atoms with Crippen molar-refractivity contribution in [2.45, 2.75) is 76.5 Å². The van der Waals surface area contributed by atoms with Gasteiger partial charge in [0.05, 0.1) is 12.1 Å². The van der Waals surface area contributed by atoms with Crippen LogP contribution in [-0.4, -0.2) is 30.7 Å². The van der Waals surface area contributed by atoms with Gasteiger partial charge in [-0.3, -0.25) is 4.79 Å². The van der Waals surface area contributed by atoms with Gasteiger partial charge in [0.15, 0.2) is 0 Å². The Labute approximate surface area is 116 Å². The number of rotatable bonds is 4. The Kier molecular flexibility index (Phi) is 5.64. The van der Waals surface area contributed by atoms with Crippen LogP contribution in [0.1, 0.15) is 58.3 Å². The zero-order chi connectivity index (χ0) is 13.7. The van der Waals surface area contributed by atoms with Crippen molar-refractivity contribution < 1.29 is 9.53 Å². The fourth-order valence-electron chi connectivity index (χ4n) is 3.23. The van der Waals surface area contributed by atoms with Crippen molar-refractivity contribution in [1.82, 2.24) is 5.32 Å². The standard InChI is InChI=1S/C15H28N2O2/c1-2-19-13-10-12(16)14(13)17-15(18)11-8-6-4-3-5-7-9-11/h11-14H,2-10,16H2,1H3,(H,17,18). The first-order valence-corrected chi connectivity index (χ1v) is 7.90.